The van der Waals surface area contributed by atoms with Gasteiger partial charge in [-0.2, -0.15) is 0 Å². The summed E-state index contributed by atoms with van der Waals surface area (Å²) in [5.41, 5.74) is 6.92. The molecule has 0 aromatic heterocycles. The molecule has 1 rings (SSSR count). The maximum Gasteiger partial charge on any atom is 0.323 e. The van der Waals surface area contributed by atoms with Crippen molar-refractivity contribution in [2.24, 2.45) is 5.73 Å². The van der Waals surface area contributed by atoms with Crippen molar-refractivity contribution in [3.05, 3.63) is 17.2 Å². The second kappa shape index (κ2) is 7.00. The summed E-state index contributed by atoms with van der Waals surface area (Å²) >= 11 is 0. The van der Waals surface area contributed by atoms with Crippen LogP contribution in [-0.4, -0.2) is 37.9 Å². The molecule has 0 aliphatic carbocycles. The van der Waals surface area contributed by atoms with Crippen LogP contribution in [0.1, 0.15) is 18.1 Å². The Balaban J connectivity index is 3.09. The van der Waals surface area contributed by atoms with E-state index in [1.807, 2.05) is 0 Å². The molecule has 6 heteroatoms. The largest absolute Gasteiger partial charge is 0.504 e. The molecule has 1 unspecified atom stereocenters. The fourth-order valence-corrected chi connectivity index (χ4v) is 1.96. The third-order valence-corrected chi connectivity index (χ3v) is 2.99. The third-order valence-electron chi connectivity index (χ3n) is 2.99. The van der Waals surface area contributed by atoms with Gasteiger partial charge in [0.2, 0.25) is 0 Å². The Kier molecular flexibility index (Phi) is 5.64. The van der Waals surface area contributed by atoms with Crippen molar-refractivity contribution in [2.75, 3.05) is 20.8 Å². The fourth-order valence-electron chi connectivity index (χ4n) is 1.96. The number of hydrogen-bond acceptors (Lipinski definition) is 6. The Bertz CT molecular complexity index is 487. The van der Waals surface area contributed by atoms with Crippen LogP contribution in [0.15, 0.2) is 6.07 Å². The molecular weight excluding hydrogens is 262 g/mol. The van der Waals surface area contributed by atoms with E-state index in [0.29, 0.717) is 22.6 Å². The van der Waals surface area contributed by atoms with Gasteiger partial charge < -0.3 is 25.1 Å². The van der Waals surface area contributed by atoms with Gasteiger partial charge in [-0.25, -0.2) is 0 Å². The quantitative estimate of drug-likeness (QED) is 0.761. The van der Waals surface area contributed by atoms with Crippen LogP contribution >= 0.6 is 0 Å². The normalized spacial score (nSPS) is 11.8. The van der Waals surface area contributed by atoms with E-state index in [4.69, 9.17) is 19.9 Å². The zero-order valence-corrected chi connectivity index (χ0v) is 12.2. The number of phenols is 1. The summed E-state index contributed by atoms with van der Waals surface area (Å²) in [5, 5.41) is 10.2. The Hall–Kier alpha value is -1.95. The molecule has 0 radical (unpaired) electrons. The first-order valence-electron chi connectivity index (χ1n) is 6.31. The second-order valence-electron chi connectivity index (χ2n) is 4.31. The highest BCUT2D eigenvalue weighted by atomic mass is 16.5. The number of nitrogens with two attached hydrogens (primary N) is 1. The summed E-state index contributed by atoms with van der Waals surface area (Å²) in [6, 6.07) is 0.796. The zero-order valence-electron chi connectivity index (χ0n) is 12.2. The summed E-state index contributed by atoms with van der Waals surface area (Å²) in [7, 11) is 2.98. The van der Waals surface area contributed by atoms with Gasteiger partial charge in [-0.05, 0) is 19.9 Å². The van der Waals surface area contributed by atoms with E-state index in [9.17, 15) is 9.90 Å². The third kappa shape index (κ3) is 3.33. The second-order valence-corrected chi connectivity index (χ2v) is 4.31. The first-order valence-corrected chi connectivity index (χ1v) is 6.31. The molecule has 1 aromatic carbocycles. The first kappa shape index (κ1) is 16.1. The number of methoxy groups -OCH3 is 2. The van der Waals surface area contributed by atoms with Crippen molar-refractivity contribution < 1.29 is 24.1 Å². The molecule has 0 saturated heterocycles. The molecular formula is C14H21NO5. The van der Waals surface area contributed by atoms with E-state index in [1.54, 1.807) is 19.9 Å². The Morgan fingerprint density at radius 2 is 2.05 bits per heavy atom. The molecule has 0 saturated carbocycles. The van der Waals surface area contributed by atoms with Crippen molar-refractivity contribution in [1.82, 2.24) is 0 Å². The van der Waals surface area contributed by atoms with Crippen molar-refractivity contribution >= 4 is 5.97 Å². The molecule has 1 atom stereocenters. The fraction of sp³-hybridized carbons (Fsp3) is 0.500. The SMILES string of the molecule is CCOC(=O)C(N)Cc1cc(OC)c(C)c(OC)c1O. The highest BCUT2D eigenvalue weighted by Gasteiger charge is 2.21. The van der Waals surface area contributed by atoms with Gasteiger partial charge in [-0.3, -0.25) is 4.79 Å². The minimum atomic E-state index is -0.849. The molecule has 0 bridgehead atoms. The summed E-state index contributed by atoms with van der Waals surface area (Å²) in [6.45, 7) is 3.74. The molecule has 20 heavy (non-hydrogen) atoms. The van der Waals surface area contributed by atoms with E-state index in [0.717, 1.165) is 0 Å². The number of rotatable bonds is 6. The lowest BCUT2D eigenvalue weighted by Gasteiger charge is -2.17. The molecule has 1 aromatic rings. The summed E-state index contributed by atoms with van der Waals surface area (Å²) in [5.74, 6) is 0.331. The van der Waals surface area contributed by atoms with Crippen LogP contribution < -0.4 is 15.2 Å². The molecule has 112 valence electrons. The van der Waals surface area contributed by atoms with Crippen LogP contribution in [0.3, 0.4) is 0 Å². The van der Waals surface area contributed by atoms with Gasteiger partial charge in [0, 0.05) is 17.5 Å². The smallest absolute Gasteiger partial charge is 0.323 e. The summed E-state index contributed by atoms with van der Waals surface area (Å²) in [6.07, 6.45) is 0.137. The summed E-state index contributed by atoms with van der Waals surface area (Å²) in [4.78, 5) is 11.5. The lowest BCUT2D eigenvalue weighted by Crippen LogP contribution is -2.34. The number of carbonyl (C=O) groups is 1. The van der Waals surface area contributed by atoms with Gasteiger partial charge in [0.25, 0.3) is 0 Å². The topological polar surface area (TPSA) is 91.0 Å². The maximum absolute atomic E-state index is 11.5. The van der Waals surface area contributed by atoms with Crippen molar-refractivity contribution in [3.8, 4) is 17.2 Å². The van der Waals surface area contributed by atoms with Gasteiger partial charge in [-0.1, -0.05) is 0 Å². The van der Waals surface area contributed by atoms with Gasteiger partial charge in [-0.15, -0.1) is 0 Å². The van der Waals surface area contributed by atoms with Gasteiger partial charge in [0.15, 0.2) is 11.5 Å². The van der Waals surface area contributed by atoms with Crippen LogP contribution in [-0.2, 0) is 16.0 Å². The molecule has 0 spiro atoms. The van der Waals surface area contributed by atoms with Gasteiger partial charge >= 0.3 is 5.97 Å². The molecule has 0 amide bonds. The summed E-state index contributed by atoms with van der Waals surface area (Å²) < 4.78 is 15.2. The predicted molar refractivity (Wildman–Crippen MR) is 74.3 cm³/mol. The number of carbonyl (C=O) groups excluding carboxylic acids is 1. The van der Waals surface area contributed by atoms with Crippen molar-refractivity contribution in [3.63, 3.8) is 0 Å². The lowest BCUT2D eigenvalue weighted by molar-refractivity contribution is -0.144. The van der Waals surface area contributed by atoms with Gasteiger partial charge in [0.05, 0.1) is 20.8 Å². The van der Waals surface area contributed by atoms with Crippen molar-refractivity contribution in [2.45, 2.75) is 26.3 Å². The molecule has 0 aliphatic heterocycles. The Labute approximate surface area is 118 Å². The Morgan fingerprint density at radius 3 is 2.55 bits per heavy atom. The van der Waals surface area contributed by atoms with Crippen LogP contribution in [0.2, 0.25) is 0 Å². The number of benzene rings is 1. The highest BCUT2D eigenvalue weighted by Crippen LogP contribution is 2.39. The van der Waals surface area contributed by atoms with Crippen LogP contribution in [0.25, 0.3) is 0 Å². The predicted octanol–water partition coefficient (Wildman–Crippen LogP) is 1.15. The Morgan fingerprint density at radius 1 is 1.40 bits per heavy atom. The van der Waals surface area contributed by atoms with Crippen molar-refractivity contribution in [1.29, 1.82) is 0 Å². The number of aromatic hydroxyl groups is 1. The molecule has 0 fully saturated rings. The average molecular weight is 283 g/mol. The lowest BCUT2D eigenvalue weighted by atomic mass is 10.0. The molecule has 6 nitrogen and oxygen atoms in total. The van der Waals surface area contributed by atoms with Crippen LogP contribution in [0.5, 0.6) is 17.2 Å². The molecule has 0 aliphatic rings. The monoisotopic (exact) mass is 283 g/mol. The number of esters is 1. The molecule has 3 N–H and O–H groups in total. The number of phenolic OH excluding ortho intramolecular Hbond substituents is 1. The van der Waals surface area contributed by atoms with E-state index < -0.39 is 12.0 Å². The number of ether oxygens (including phenoxy) is 3. The van der Waals surface area contributed by atoms with Crippen LogP contribution in [0, 0.1) is 6.92 Å². The zero-order chi connectivity index (χ0) is 15.3. The van der Waals surface area contributed by atoms with E-state index in [1.165, 1.54) is 14.2 Å². The minimum Gasteiger partial charge on any atom is -0.504 e. The minimum absolute atomic E-state index is 0.0365. The van der Waals surface area contributed by atoms with E-state index in [-0.39, 0.29) is 18.8 Å². The average Bonchev–Trinajstić information content (AvgIpc) is 2.42. The standard InChI is InChI=1S/C14H21NO5/c1-5-20-14(17)10(15)6-9-7-11(18-3)8(2)13(19-4)12(9)16/h7,10,16H,5-6,15H2,1-4H3. The van der Waals surface area contributed by atoms with E-state index in [2.05, 4.69) is 0 Å². The number of hydrogen-bond donors (Lipinski definition) is 2. The van der Waals surface area contributed by atoms with E-state index >= 15 is 0 Å². The maximum atomic E-state index is 11.5. The molecule has 0 heterocycles. The van der Waals surface area contributed by atoms with Gasteiger partial charge in [0.1, 0.15) is 11.8 Å². The first-order chi connectivity index (χ1) is 9.46. The van der Waals surface area contributed by atoms with Crippen LogP contribution in [0.4, 0.5) is 0 Å². The highest BCUT2D eigenvalue weighted by molar-refractivity contribution is 5.76.